The second kappa shape index (κ2) is 8.97. The highest BCUT2D eigenvalue weighted by molar-refractivity contribution is 6.04. The number of hydrogen-bond acceptors (Lipinski definition) is 5. The summed E-state index contributed by atoms with van der Waals surface area (Å²) < 4.78 is 1.21. The lowest BCUT2D eigenvalue weighted by Crippen LogP contribution is -2.51. The van der Waals surface area contributed by atoms with Gasteiger partial charge in [-0.2, -0.15) is 5.10 Å². The van der Waals surface area contributed by atoms with Crippen molar-refractivity contribution in [1.82, 2.24) is 24.9 Å². The van der Waals surface area contributed by atoms with E-state index in [1.54, 1.807) is 36.2 Å². The Morgan fingerprint density at radius 1 is 1.11 bits per heavy atom. The number of unbranched alkanes of at least 4 members (excludes halogenated alkanes) is 1. The predicted octanol–water partition coefficient (Wildman–Crippen LogP) is 0.608. The van der Waals surface area contributed by atoms with Crippen molar-refractivity contribution >= 4 is 22.6 Å². The van der Waals surface area contributed by atoms with E-state index >= 15 is 0 Å². The molecule has 2 heterocycles. The van der Waals surface area contributed by atoms with Crippen molar-refractivity contribution in [3.63, 3.8) is 0 Å². The standard InChI is InChI=1S/C20H27N5O3/c1-3-4-9-21-17(26)14-24-10-12-25(13-11-24)20(28)18-15-7-5-6-8-16(15)19(27)23(2)22-18/h5-8H,3-4,9-14H2,1-2H3,(H,21,26). The van der Waals surface area contributed by atoms with E-state index in [2.05, 4.69) is 22.2 Å². The highest BCUT2D eigenvalue weighted by Crippen LogP contribution is 2.16. The van der Waals surface area contributed by atoms with Gasteiger partial charge in [-0.1, -0.05) is 31.5 Å². The Morgan fingerprint density at radius 3 is 2.46 bits per heavy atom. The molecule has 2 amide bonds. The van der Waals surface area contributed by atoms with Crippen molar-refractivity contribution in [3.05, 3.63) is 40.3 Å². The minimum Gasteiger partial charge on any atom is -0.355 e. The van der Waals surface area contributed by atoms with Crippen LogP contribution in [0.15, 0.2) is 29.1 Å². The molecular formula is C20H27N5O3. The SMILES string of the molecule is CCCCNC(=O)CN1CCN(C(=O)c2nn(C)c(=O)c3ccccc23)CC1. The molecule has 8 heteroatoms. The van der Waals surface area contributed by atoms with Gasteiger partial charge in [-0.05, 0) is 12.5 Å². The number of carbonyl (C=O) groups excluding carboxylic acids is 2. The Hall–Kier alpha value is -2.74. The molecule has 0 radical (unpaired) electrons. The van der Waals surface area contributed by atoms with Crippen molar-refractivity contribution in [2.75, 3.05) is 39.3 Å². The van der Waals surface area contributed by atoms with Crippen molar-refractivity contribution < 1.29 is 9.59 Å². The maximum Gasteiger partial charge on any atom is 0.275 e. The number of nitrogens with zero attached hydrogens (tertiary/aromatic N) is 4. The molecule has 0 aliphatic carbocycles. The van der Waals surface area contributed by atoms with Gasteiger partial charge in [0.15, 0.2) is 5.69 Å². The van der Waals surface area contributed by atoms with Crippen LogP contribution in [-0.2, 0) is 11.8 Å². The largest absolute Gasteiger partial charge is 0.355 e. The molecule has 1 aliphatic rings. The molecule has 3 rings (SSSR count). The van der Waals surface area contributed by atoms with E-state index in [9.17, 15) is 14.4 Å². The third kappa shape index (κ3) is 4.39. The van der Waals surface area contributed by atoms with E-state index < -0.39 is 0 Å². The Labute approximate surface area is 164 Å². The number of rotatable bonds is 6. The third-order valence-corrected chi connectivity index (χ3v) is 5.04. The number of aromatic nitrogens is 2. The summed E-state index contributed by atoms with van der Waals surface area (Å²) in [6, 6.07) is 7.05. The lowest BCUT2D eigenvalue weighted by molar-refractivity contribution is -0.122. The Bertz CT molecular complexity index is 916. The van der Waals surface area contributed by atoms with Crippen LogP contribution in [0, 0.1) is 0 Å². The van der Waals surface area contributed by atoms with Crippen LogP contribution in [0.2, 0.25) is 0 Å². The number of fused-ring (bicyclic) bond motifs is 1. The molecule has 28 heavy (non-hydrogen) atoms. The molecule has 8 nitrogen and oxygen atoms in total. The normalized spacial score (nSPS) is 15.0. The zero-order chi connectivity index (χ0) is 20.1. The Balaban J connectivity index is 1.65. The molecular weight excluding hydrogens is 358 g/mol. The lowest BCUT2D eigenvalue weighted by Gasteiger charge is -2.34. The topological polar surface area (TPSA) is 87.5 Å². The van der Waals surface area contributed by atoms with Crippen LogP contribution in [0.5, 0.6) is 0 Å². The van der Waals surface area contributed by atoms with Crippen molar-refractivity contribution in [3.8, 4) is 0 Å². The highest BCUT2D eigenvalue weighted by Gasteiger charge is 2.26. The number of aryl methyl sites for hydroxylation is 1. The van der Waals surface area contributed by atoms with E-state index in [-0.39, 0.29) is 17.4 Å². The molecule has 1 saturated heterocycles. The molecule has 1 aliphatic heterocycles. The van der Waals surface area contributed by atoms with Gasteiger partial charge in [0.1, 0.15) is 0 Å². The van der Waals surface area contributed by atoms with Crippen LogP contribution in [0.25, 0.3) is 10.8 Å². The van der Waals surface area contributed by atoms with Crippen LogP contribution in [0.3, 0.4) is 0 Å². The molecule has 150 valence electrons. The molecule has 0 spiro atoms. The summed E-state index contributed by atoms with van der Waals surface area (Å²) >= 11 is 0. The first kappa shape index (κ1) is 20.0. The second-order valence-electron chi connectivity index (χ2n) is 7.09. The van der Waals surface area contributed by atoms with E-state index in [4.69, 9.17) is 0 Å². The fourth-order valence-electron chi connectivity index (χ4n) is 3.38. The summed E-state index contributed by atoms with van der Waals surface area (Å²) in [4.78, 5) is 41.0. The van der Waals surface area contributed by atoms with Crippen LogP contribution in [0.4, 0.5) is 0 Å². The second-order valence-corrected chi connectivity index (χ2v) is 7.09. The van der Waals surface area contributed by atoms with Crippen LogP contribution in [0.1, 0.15) is 30.3 Å². The minimum absolute atomic E-state index is 0.0268. The number of amides is 2. The number of nitrogens with one attached hydrogen (secondary N) is 1. The molecule has 0 saturated carbocycles. The maximum atomic E-state index is 13.0. The first-order chi connectivity index (χ1) is 13.5. The average Bonchev–Trinajstić information content (AvgIpc) is 2.71. The van der Waals surface area contributed by atoms with Gasteiger partial charge in [-0.15, -0.1) is 0 Å². The van der Waals surface area contributed by atoms with Crippen LogP contribution >= 0.6 is 0 Å². The quantitative estimate of drug-likeness (QED) is 0.736. The third-order valence-electron chi connectivity index (χ3n) is 5.04. The molecule has 1 N–H and O–H groups in total. The fourth-order valence-corrected chi connectivity index (χ4v) is 3.38. The summed E-state index contributed by atoms with van der Waals surface area (Å²) in [7, 11) is 1.56. The Kier molecular flexibility index (Phi) is 6.41. The first-order valence-corrected chi connectivity index (χ1v) is 9.75. The molecule has 1 aromatic carbocycles. The lowest BCUT2D eigenvalue weighted by atomic mass is 10.1. The minimum atomic E-state index is -0.217. The molecule has 1 aromatic heterocycles. The summed E-state index contributed by atoms with van der Waals surface area (Å²) in [5.74, 6) is -0.155. The van der Waals surface area contributed by atoms with Crippen molar-refractivity contribution in [1.29, 1.82) is 0 Å². The van der Waals surface area contributed by atoms with Crippen LogP contribution in [-0.4, -0.2) is 70.7 Å². The van der Waals surface area contributed by atoms with Gasteiger partial charge in [-0.25, -0.2) is 4.68 Å². The van der Waals surface area contributed by atoms with E-state index in [1.165, 1.54) is 4.68 Å². The van der Waals surface area contributed by atoms with Crippen molar-refractivity contribution in [2.45, 2.75) is 19.8 Å². The summed E-state index contributed by atoms with van der Waals surface area (Å²) in [6.07, 6.45) is 2.03. The monoisotopic (exact) mass is 385 g/mol. The highest BCUT2D eigenvalue weighted by atomic mass is 16.2. The van der Waals surface area contributed by atoms with E-state index in [1.807, 2.05) is 0 Å². The summed E-state index contributed by atoms with van der Waals surface area (Å²) in [5.41, 5.74) is 0.0783. The summed E-state index contributed by atoms with van der Waals surface area (Å²) in [6.45, 7) is 5.48. The molecule has 0 unspecified atom stereocenters. The smallest absolute Gasteiger partial charge is 0.275 e. The molecule has 0 atom stereocenters. The first-order valence-electron chi connectivity index (χ1n) is 9.75. The van der Waals surface area contributed by atoms with Gasteiger partial charge in [0, 0.05) is 45.2 Å². The summed E-state index contributed by atoms with van der Waals surface area (Å²) in [5, 5.41) is 8.21. The van der Waals surface area contributed by atoms with Crippen molar-refractivity contribution in [2.24, 2.45) is 7.05 Å². The number of piperazine rings is 1. The van der Waals surface area contributed by atoms with E-state index in [0.29, 0.717) is 55.7 Å². The van der Waals surface area contributed by atoms with Gasteiger partial charge in [0.2, 0.25) is 5.91 Å². The van der Waals surface area contributed by atoms with Gasteiger partial charge >= 0.3 is 0 Å². The van der Waals surface area contributed by atoms with Gasteiger partial charge < -0.3 is 10.2 Å². The molecule has 0 bridgehead atoms. The van der Waals surface area contributed by atoms with Gasteiger partial charge in [0.25, 0.3) is 11.5 Å². The van der Waals surface area contributed by atoms with E-state index in [0.717, 1.165) is 12.8 Å². The number of carbonyl (C=O) groups is 2. The zero-order valence-electron chi connectivity index (χ0n) is 16.5. The average molecular weight is 385 g/mol. The van der Waals surface area contributed by atoms with Crippen LogP contribution < -0.4 is 10.9 Å². The van der Waals surface area contributed by atoms with Gasteiger partial charge in [-0.3, -0.25) is 19.3 Å². The predicted molar refractivity (Wildman–Crippen MR) is 107 cm³/mol. The number of benzene rings is 1. The maximum absolute atomic E-state index is 13.0. The zero-order valence-corrected chi connectivity index (χ0v) is 16.5. The number of hydrogen-bond donors (Lipinski definition) is 1. The fraction of sp³-hybridized carbons (Fsp3) is 0.500. The Morgan fingerprint density at radius 2 is 1.79 bits per heavy atom. The molecule has 2 aromatic rings. The van der Waals surface area contributed by atoms with Gasteiger partial charge in [0.05, 0.1) is 11.9 Å². The molecule has 1 fully saturated rings.